The largest absolute Gasteiger partial charge is 0.515 e. The molecule has 0 fully saturated rings. The van der Waals surface area contributed by atoms with E-state index in [4.69, 9.17) is 0 Å². The monoisotopic (exact) mass is 1210 g/mol. The first-order valence-electron chi connectivity index (χ1n) is 25.5. The Morgan fingerprint density at radius 2 is 0.696 bits per heavy atom. The fourth-order valence-corrected chi connectivity index (χ4v) is 10.4. The van der Waals surface area contributed by atoms with Gasteiger partial charge in [-0.05, 0) is 6.42 Å². The van der Waals surface area contributed by atoms with Crippen molar-refractivity contribution in [3.63, 3.8) is 0 Å². The molecule has 0 bridgehead atoms. The minimum atomic E-state index is -7.10. The molecule has 0 amide bonds. The molecule has 2 N–H and O–H groups in total. The zero-order valence-electron chi connectivity index (χ0n) is 44.7. The molecule has 4 unspecified atom stereocenters. The van der Waals surface area contributed by atoms with Crippen molar-refractivity contribution >= 4 is 6.15 Å². The van der Waals surface area contributed by atoms with Gasteiger partial charge in [0, 0.05) is 18.1 Å². The molecule has 0 aliphatic heterocycles. The molecule has 0 spiro atoms. The summed E-state index contributed by atoms with van der Waals surface area (Å²) in [5.41, 5.74) is -14.2. The van der Waals surface area contributed by atoms with Crippen LogP contribution in [0.15, 0.2) is 0 Å². The Morgan fingerprint density at radius 1 is 0.367 bits per heavy atom. The van der Waals surface area contributed by atoms with Crippen molar-refractivity contribution < 1.29 is 124 Å². The number of unbranched alkanes of at least 4 members (excludes halogenated alkanes) is 3. The van der Waals surface area contributed by atoms with Gasteiger partial charge in [0.15, 0.2) is 40.7 Å². The van der Waals surface area contributed by atoms with Crippen LogP contribution in [0.4, 0.5) is 119 Å². The van der Waals surface area contributed by atoms with Gasteiger partial charge in [-0.25, -0.2) is 40.4 Å². The lowest BCUT2D eigenvalue weighted by molar-refractivity contribution is -0.910. The topological polar surface area (TPSA) is 16.6 Å². The predicted octanol–water partition coefficient (Wildman–Crippen LogP) is 20.9. The molecular formula is C50H67BF27N. The van der Waals surface area contributed by atoms with E-state index in [1.165, 1.54) is 76.6 Å². The van der Waals surface area contributed by atoms with Crippen LogP contribution < -0.4 is 5.32 Å². The number of quaternary nitrogens is 1. The summed E-state index contributed by atoms with van der Waals surface area (Å²) in [4.78, 5) is 0. The maximum Gasteiger partial charge on any atom is 0.515 e. The summed E-state index contributed by atoms with van der Waals surface area (Å²) in [7, 11) is 0. The zero-order chi connectivity index (χ0) is 62.5. The second-order valence-corrected chi connectivity index (χ2v) is 20.8. The van der Waals surface area contributed by atoms with Gasteiger partial charge in [0.2, 0.25) is 5.82 Å². The van der Waals surface area contributed by atoms with Crippen molar-refractivity contribution in [2.75, 3.05) is 0 Å². The number of nitrogens with two attached hydrogens (primary N) is 1. The maximum atomic E-state index is 13.9. The zero-order valence-corrected chi connectivity index (χ0v) is 44.7. The molecule has 0 radical (unpaired) electrons. The average Bonchev–Trinajstić information content (AvgIpc) is 3.27. The van der Waals surface area contributed by atoms with E-state index in [-0.39, 0.29) is 12.6 Å². The van der Waals surface area contributed by atoms with Crippen molar-refractivity contribution in [1.82, 2.24) is 0 Å². The van der Waals surface area contributed by atoms with Crippen LogP contribution >= 0.6 is 0 Å². The number of alkyl halides is 19. The summed E-state index contributed by atoms with van der Waals surface area (Å²) in [6.07, 6.45) is -4.78. The molecule has 0 saturated carbocycles. The summed E-state index contributed by atoms with van der Waals surface area (Å²) < 4.78 is 353. The van der Waals surface area contributed by atoms with Crippen LogP contribution in [0.2, 0.25) is 25.3 Å². The van der Waals surface area contributed by atoms with E-state index in [0.717, 1.165) is 23.7 Å². The first-order chi connectivity index (χ1) is 35.6. The molecule has 2 aromatic carbocycles. The van der Waals surface area contributed by atoms with Gasteiger partial charge in [-0.2, -0.15) is 91.1 Å². The third-order valence-corrected chi connectivity index (χ3v) is 13.4. The number of rotatable bonds is 27. The van der Waals surface area contributed by atoms with Gasteiger partial charge in [-0.1, -0.05) is 157 Å². The third-order valence-electron chi connectivity index (χ3n) is 13.4. The fraction of sp³-hybridized carbons (Fsp3) is 0.760. The van der Waals surface area contributed by atoms with Gasteiger partial charge in [-0.3, -0.25) is 0 Å². The Labute approximate surface area is 441 Å². The first kappa shape index (κ1) is 75.6. The minimum Gasteiger partial charge on any atom is -0.211 e. The van der Waals surface area contributed by atoms with Crippen molar-refractivity contribution in [3.05, 3.63) is 57.7 Å². The smallest absolute Gasteiger partial charge is 0.211 e. The maximum absolute atomic E-state index is 13.9. The highest BCUT2D eigenvalue weighted by atomic mass is 19.4. The lowest BCUT2D eigenvalue weighted by Gasteiger charge is -2.47. The van der Waals surface area contributed by atoms with Crippen molar-refractivity contribution in [1.29, 1.82) is 0 Å². The molecule has 0 heterocycles. The van der Waals surface area contributed by atoms with Gasteiger partial charge in [0.05, 0.1) is 11.1 Å². The second-order valence-electron chi connectivity index (χ2n) is 20.8. The van der Waals surface area contributed by atoms with E-state index < -0.39 is 135 Å². The van der Waals surface area contributed by atoms with Gasteiger partial charge in [0.25, 0.3) is 0 Å². The standard InChI is InChI=1S/C24H52B.C15F16.C11H14F11N/c1-9-13-21(5)17-25(18-22(6)14-10-2,19-23(7)15-11-3)20-24(8)16-12-4;16-5-2(6(17)10(21)12(23)9(5)20)1-3(13(24,25)15(29,30)31)7(18)11(22)8(19)4(1)14(26,27)28;1-2-3-4-5-6-7(12,13)8(14,15)10(19,20)23-11(21,22)9(16,17)18/h21-24H,9-20H2,1-8H3;;23H,2-6H2,1H3/q-1;;/p+1. The van der Waals surface area contributed by atoms with Gasteiger partial charge < -0.3 is 0 Å². The minimum absolute atomic E-state index is 0.00380. The van der Waals surface area contributed by atoms with E-state index >= 15 is 0 Å². The second kappa shape index (κ2) is 29.7. The lowest BCUT2D eigenvalue weighted by atomic mass is 9.14. The van der Waals surface area contributed by atoms with Crippen LogP contribution in [-0.2, 0) is 12.1 Å². The molecule has 2 rings (SSSR count). The van der Waals surface area contributed by atoms with Gasteiger partial charge >= 0.3 is 48.4 Å². The molecule has 0 saturated heterocycles. The summed E-state index contributed by atoms with van der Waals surface area (Å²) in [5, 5.41) is -2.38. The SMILES string of the molecule is CCCC(C)C[B-](CC(C)CCC)(CC(C)CCC)CC(C)CCC.CCCCCCC(F)(F)C(F)(F)C(F)(F)[NH2+]C(F)(F)C(F)(F)F.Fc1c(F)c(F)c(-c2c(C(F)(F)F)c(F)c(F)c(F)c2C(F)(F)C(F)(F)F)c(F)c1F. The third kappa shape index (κ3) is 19.6. The normalized spacial score (nSPS) is 15.6. The van der Waals surface area contributed by atoms with E-state index in [0.29, 0.717) is 12.8 Å². The van der Waals surface area contributed by atoms with Gasteiger partial charge in [0.1, 0.15) is 5.56 Å². The quantitative estimate of drug-likeness (QED) is 0.0229. The van der Waals surface area contributed by atoms with Crippen molar-refractivity contribution in [3.8, 4) is 11.1 Å². The highest BCUT2D eigenvalue weighted by Gasteiger charge is 2.79. The molecule has 0 aliphatic rings. The van der Waals surface area contributed by atoms with Crippen LogP contribution in [0.5, 0.6) is 0 Å². The molecule has 4 atom stereocenters. The highest BCUT2D eigenvalue weighted by molar-refractivity contribution is 6.80. The summed E-state index contributed by atoms with van der Waals surface area (Å²) in [6, 6.07) is -12.7. The number of halogens is 27. The lowest BCUT2D eigenvalue weighted by Crippen LogP contribution is -3.08. The molecule has 0 aliphatic carbocycles. The summed E-state index contributed by atoms with van der Waals surface area (Å²) >= 11 is 0. The molecular weight excluding hydrogens is 1140 g/mol. The molecule has 464 valence electrons. The first-order valence-corrected chi connectivity index (χ1v) is 25.5. The number of benzene rings is 2. The molecule has 0 aromatic heterocycles. The predicted molar refractivity (Wildman–Crippen MR) is 244 cm³/mol. The Kier molecular flexibility index (Phi) is 28.4. The molecule has 29 heteroatoms. The van der Waals surface area contributed by atoms with Crippen molar-refractivity contribution in [2.45, 2.75) is 219 Å². The van der Waals surface area contributed by atoms with Crippen molar-refractivity contribution in [2.24, 2.45) is 23.7 Å². The Hall–Kier alpha value is -3.43. The van der Waals surface area contributed by atoms with Crippen LogP contribution in [0.25, 0.3) is 11.1 Å². The van der Waals surface area contributed by atoms with Crippen LogP contribution in [0, 0.1) is 70.2 Å². The molecule has 1 nitrogen and oxygen atoms in total. The van der Waals surface area contributed by atoms with Gasteiger partial charge in [-0.15, -0.1) is 17.6 Å². The molecule has 79 heavy (non-hydrogen) atoms. The summed E-state index contributed by atoms with van der Waals surface area (Å²) in [6.45, 7) is 21.3. The molecule has 2 aromatic rings. The van der Waals surface area contributed by atoms with Crippen LogP contribution in [-0.4, -0.2) is 42.4 Å². The van der Waals surface area contributed by atoms with Crippen LogP contribution in [0.1, 0.15) is 157 Å². The fourth-order valence-electron chi connectivity index (χ4n) is 10.4. The Balaban J connectivity index is 0.00000117. The summed E-state index contributed by atoms with van der Waals surface area (Å²) in [5.74, 6) is -42.3. The van der Waals surface area contributed by atoms with Crippen LogP contribution in [0.3, 0.4) is 0 Å². The Bertz CT molecular complexity index is 2090. The van der Waals surface area contributed by atoms with E-state index in [2.05, 4.69) is 55.4 Å². The number of hydrogen-bond acceptors (Lipinski definition) is 0. The average molecular weight is 1210 g/mol. The Morgan fingerprint density at radius 3 is 1.00 bits per heavy atom. The van der Waals surface area contributed by atoms with E-state index in [1.54, 1.807) is 6.92 Å². The van der Waals surface area contributed by atoms with E-state index in [9.17, 15) is 119 Å². The van der Waals surface area contributed by atoms with E-state index in [1.807, 2.05) is 0 Å². The highest BCUT2D eigenvalue weighted by Crippen LogP contribution is 2.54. The number of hydrogen-bond donors (Lipinski definition) is 1.